The average Bonchev–Trinajstić information content (AvgIpc) is 3.77. The van der Waals surface area contributed by atoms with Gasteiger partial charge in [0.1, 0.15) is 17.4 Å². The third kappa shape index (κ3) is 8.80. The number of likely N-dealkylation sites (tertiary alicyclic amines) is 2. The first-order chi connectivity index (χ1) is 20.9. The smallest absolute Gasteiger partial charge is 0.341 e. The highest BCUT2D eigenvalue weighted by Gasteiger charge is 2.41. The van der Waals surface area contributed by atoms with Gasteiger partial charge in [-0.05, 0) is 87.8 Å². The van der Waals surface area contributed by atoms with Gasteiger partial charge < -0.3 is 29.5 Å². The number of H-pyrrole nitrogens is 1. The van der Waals surface area contributed by atoms with E-state index in [1.807, 2.05) is 30.5 Å². The number of aliphatic carboxylic acids is 1. The minimum absolute atomic E-state index is 0.338. The molecule has 0 atom stereocenters. The lowest BCUT2D eigenvalue weighted by Crippen LogP contribution is -2.46. The van der Waals surface area contributed by atoms with Crippen LogP contribution in [0.2, 0.25) is 0 Å². The number of aromatic amines is 1. The number of benzene rings is 1. The molecule has 0 saturated carbocycles. The molecule has 10 heteroatoms. The van der Waals surface area contributed by atoms with Gasteiger partial charge in [-0.2, -0.15) is 0 Å². The zero-order valence-corrected chi connectivity index (χ0v) is 26.2. The number of carbonyl (C=O) groups is 1. The van der Waals surface area contributed by atoms with E-state index < -0.39 is 5.97 Å². The quantitative estimate of drug-likeness (QED) is 0.302. The number of aliphatic imine (C=N–C) groups is 1. The van der Waals surface area contributed by atoms with E-state index in [0.717, 1.165) is 50.2 Å². The zero-order valence-electron chi connectivity index (χ0n) is 26.2. The lowest BCUT2D eigenvalue weighted by Gasteiger charge is -2.42. The van der Waals surface area contributed by atoms with Crippen LogP contribution in [-0.4, -0.2) is 118 Å². The third-order valence-corrected chi connectivity index (χ3v) is 9.75. The van der Waals surface area contributed by atoms with E-state index in [9.17, 15) is 4.79 Å². The molecule has 1 aromatic carbocycles. The van der Waals surface area contributed by atoms with Gasteiger partial charge in [0.05, 0.1) is 19.6 Å². The summed E-state index contributed by atoms with van der Waals surface area (Å²) in [7, 11) is 0. The predicted octanol–water partition coefficient (Wildman–Crippen LogP) is 3.96. The zero-order chi connectivity index (χ0) is 30.1. The van der Waals surface area contributed by atoms with Crippen molar-refractivity contribution in [3.63, 3.8) is 0 Å². The number of rotatable bonds is 16. The number of piperidine rings is 1. The van der Waals surface area contributed by atoms with Gasteiger partial charge in [0.25, 0.3) is 0 Å². The Morgan fingerprint density at radius 1 is 1.05 bits per heavy atom. The van der Waals surface area contributed by atoms with Crippen LogP contribution in [0, 0.1) is 5.41 Å². The van der Waals surface area contributed by atoms with Gasteiger partial charge in [0.2, 0.25) is 0 Å². The molecule has 1 aromatic heterocycles. The summed E-state index contributed by atoms with van der Waals surface area (Å²) >= 11 is 0. The minimum Gasteiger partial charge on any atom is -0.482 e. The van der Waals surface area contributed by atoms with E-state index >= 15 is 0 Å². The Morgan fingerprint density at radius 3 is 2.51 bits per heavy atom. The van der Waals surface area contributed by atoms with Gasteiger partial charge in [-0.25, -0.2) is 9.78 Å². The molecule has 0 unspecified atom stereocenters. The summed E-state index contributed by atoms with van der Waals surface area (Å²) in [4.78, 5) is 33.8. The number of ether oxygens (including phenoxy) is 1. The van der Waals surface area contributed by atoms with Crippen molar-refractivity contribution in [3.05, 3.63) is 48.0 Å². The van der Waals surface area contributed by atoms with Crippen LogP contribution in [0.5, 0.6) is 5.75 Å². The maximum absolute atomic E-state index is 10.8. The van der Waals surface area contributed by atoms with Crippen LogP contribution >= 0.6 is 0 Å². The number of nitrogens with zero attached hydrogens (tertiary/aromatic N) is 6. The lowest BCUT2D eigenvalue weighted by molar-refractivity contribution is -0.139. The highest BCUT2D eigenvalue weighted by atomic mass is 16.5. The molecular formula is C33H51N7O3. The van der Waals surface area contributed by atoms with Crippen molar-refractivity contribution in [1.29, 1.82) is 0 Å². The SMILES string of the molecule is CCC(CC)N1CCC2(CCN(CCCN3CCN=C3CN(Cc3ccc(OCC(=O)O)cc3)Cc3ncc[nH]3)C2)CC1. The normalized spacial score (nSPS) is 19.2. The number of carboxylic acid groups (broad SMARTS) is 1. The van der Waals surface area contributed by atoms with Gasteiger partial charge >= 0.3 is 5.97 Å². The van der Waals surface area contributed by atoms with Crippen LogP contribution in [0.4, 0.5) is 0 Å². The minimum atomic E-state index is -0.979. The van der Waals surface area contributed by atoms with Crippen molar-refractivity contribution in [2.75, 3.05) is 65.5 Å². The van der Waals surface area contributed by atoms with Crippen molar-refractivity contribution in [3.8, 4) is 5.75 Å². The summed E-state index contributed by atoms with van der Waals surface area (Å²) in [5, 5.41) is 8.87. The van der Waals surface area contributed by atoms with Crippen LogP contribution in [0.25, 0.3) is 0 Å². The van der Waals surface area contributed by atoms with Gasteiger partial charge in [-0.1, -0.05) is 26.0 Å². The second kappa shape index (κ2) is 15.2. The van der Waals surface area contributed by atoms with Gasteiger partial charge in [0.15, 0.2) is 6.61 Å². The number of nitrogens with one attached hydrogen (secondary N) is 1. The molecule has 2 fully saturated rings. The number of carboxylic acids is 1. The van der Waals surface area contributed by atoms with Crippen molar-refractivity contribution in [2.45, 2.75) is 71.5 Å². The second-order valence-electron chi connectivity index (χ2n) is 12.7. The fourth-order valence-electron chi connectivity index (χ4n) is 7.26. The van der Waals surface area contributed by atoms with Crippen molar-refractivity contribution < 1.29 is 14.6 Å². The van der Waals surface area contributed by atoms with Crippen LogP contribution in [0.15, 0.2) is 41.7 Å². The first-order valence-corrected chi connectivity index (χ1v) is 16.3. The van der Waals surface area contributed by atoms with Crippen LogP contribution < -0.4 is 4.74 Å². The van der Waals surface area contributed by atoms with Gasteiger partial charge in [-0.3, -0.25) is 9.89 Å². The Labute approximate surface area is 257 Å². The second-order valence-corrected chi connectivity index (χ2v) is 12.7. The van der Waals surface area contributed by atoms with E-state index in [2.05, 4.69) is 43.4 Å². The summed E-state index contributed by atoms with van der Waals surface area (Å²) in [6, 6.07) is 8.44. The molecule has 0 amide bonds. The van der Waals surface area contributed by atoms with Crippen LogP contribution in [0.3, 0.4) is 0 Å². The molecule has 5 rings (SSSR count). The fourth-order valence-corrected chi connectivity index (χ4v) is 7.26. The maximum Gasteiger partial charge on any atom is 0.341 e. The first kappa shape index (κ1) is 31.5. The molecule has 3 aliphatic heterocycles. The summed E-state index contributed by atoms with van der Waals surface area (Å²) in [6.45, 7) is 15.7. The molecule has 1 spiro atoms. The highest BCUT2D eigenvalue weighted by molar-refractivity contribution is 5.85. The summed E-state index contributed by atoms with van der Waals surface area (Å²) in [5.74, 6) is 1.68. The van der Waals surface area contributed by atoms with E-state index in [4.69, 9.17) is 14.8 Å². The molecule has 0 aliphatic carbocycles. The summed E-state index contributed by atoms with van der Waals surface area (Å²) < 4.78 is 5.30. The van der Waals surface area contributed by atoms with E-state index in [-0.39, 0.29) is 6.61 Å². The number of aromatic nitrogens is 2. The molecule has 2 aromatic rings. The largest absolute Gasteiger partial charge is 0.482 e. The highest BCUT2D eigenvalue weighted by Crippen LogP contribution is 2.41. The van der Waals surface area contributed by atoms with Crippen LogP contribution in [0.1, 0.15) is 63.8 Å². The first-order valence-electron chi connectivity index (χ1n) is 16.3. The number of hydrogen-bond acceptors (Lipinski definition) is 8. The lowest BCUT2D eigenvalue weighted by atomic mass is 9.77. The Hall–Kier alpha value is -2.95. The summed E-state index contributed by atoms with van der Waals surface area (Å²) in [6.07, 6.45) is 11.5. The van der Waals surface area contributed by atoms with E-state index in [1.165, 1.54) is 77.1 Å². The molecule has 10 nitrogen and oxygen atoms in total. The molecule has 236 valence electrons. The molecule has 2 N–H and O–H groups in total. The Kier molecular flexibility index (Phi) is 11.1. The molecule has 4 heterocycles. The van der Waals surface area contributed by atoms with Gasteiger partial charge in [-0.15, -0.1) is 0 Å². The molecule has 3 aliphatic rings. The standard InChI is InChI=1S/C33H51N7O3/c1-3-28(4-2)39-19-11-33(12-20-39)10-18-37(26-33)16-5-17-40-21-15-36-31(40)24-38(23-30-34-13-14-35-30)22-27-6-8-29(9-7-27)43-25-32(41)42/h6-9,13-14,28H,3-5,10-12,15-26H2,1-2H3,(H,34,35)(H,41,42). The number of imidazole rings is 1. The van der Waals surface area contributed by atoms with Crippen LogP contribution in [-0.2, 0) is 17.9 Å². The van der Waals surface area contributed by atoms with Crippen molar-refractivity contribution in [2.24, 2.45) is 10.4 Å². The van der Waals surface area contributed by atoms with Crippen molar-refractivity contribution >= 4 is 11.8 Å². The predicted molar refractivity (Wildman–Crippen MR) is 169 cm³/mol. The molecular weight excluding hydrogens is 542 g/mol. The Balaban J connectivity index is 1.09. The number of amidine groups is 1. The average molecular weight is 594 g/mol. The third-order valence-electron chi connectivity index (χ3n) is 9.75. The molecule has 0 bridgehead atoms. The Bertz CT molecular complexity index is 1160. The van der Waals surface area contributed by atoms with E-state index in [0.29, 0.717) is 17.7 Å². The number of hydrogen-bond donors (Lipinski definition) is 2. The van der Waals surface area contributed by atoms with Gasteiger partial charge in [0, 0.05) is 44.6 Å². The summed E-state index contributed by atoms with van der Waals surface area (Å²) in [5.41, 5.74) is 1.68. The van der Waals surface area contributed by atoms with Crippen molar-refractivity contribution in [1.82, 2.24) is 29.6 Å². The Morgan fingerprint density at radius 2 is 1.81 bits per heavy atom. The van der Waals surface area contributed by atoms with E-state index in [1.54, 1.807) is 6.20 Å². The molecule has 2 saturated heterocycles. The maximum atomic E-state index is 10.8. The monoisotopic (exact) mass is 593 g/mol. The fraction of sp³-hybridized carbons (Fsp3) is 0.667. The molecule has 43 heavy (non-hydrogen) atoms. The molecule has 0 radical (unpaired) electrons. The topological polar surface area (TPSA) is 101 Å².